The number of anilines is 1. The third-order valence-corrected chi connectivity index (χ3v) is 4.04. The quantitative estimate of drug-likeness (QED) is 0.860. The van der Waals surface area contributed by atoms with Gasteiger partial charge in [0.25, 0.3) is 5.56 Å². The molecule has 0 saturated carbocycles. The lowest BCUT2D eigenvalue weighted by Crippen LogP contribution is -2.46. The zero-order valence-corrected chi connectivity index (χ0v) is 12.5. The van der Waals surface area contributed by atoms with E-state index in [1.54, 1.807) is 47.5 Å². The first-order chi connectivity index (χ1) is 11.1. The van der Waals surface area contributed by atoms with Gasteiger partial charge >= 0.3 is 0 Å². The van der Waals surface area contributed by atoms with Crippen LogP contribution in [0.4, 0.5) is 5.69 Å². The van der Waals surface area contributed by atoms with E-state index in [9.17, 15) is 14.4 Å². The number of carbonyl (C=O) groups excluding carboxylic acids is 2. The molecule has 2 heterocycles. The fraction of sp³-hybridized carbons (Fsp3) is 0.235. The summed E-state index contributed by atoms with van der Waals surface area (Å²) >= 11 is 0. The molecule has 3 rings (SSSR count). The summed E-state index contributed by atoms with van der Waals surface area (Å²) in [6.45, 7) is 0.563. The monoisotopic (exact) mass is 311 g/mol. The van der Waals surface area contributed by atoms with Gasteiger partial charge in [-0.1, -0.05) is 6.07 Å². The van der Waals surface area contributed by atoms with Gasteiger partial charge in [-0.05, 0) is 43.2 Å². The Kier molecular flexibility index (Phi) is 3.97. The summed E-state index contributed by atoms with van der Waals surface area (Å²) < 4.78 is 1.52. The van der Waals surface area contributed by atoms with Crippen molar-refractivity contribution in [2.75, 3.05) is 11.4 Å². The summed E-state index contributed by atoms with van der Waals surface area (Å²) in [5.74, 6) is -1.58. The van der Waals surface area contributed by atoms with Crippen molar-refractivity contribution in [2.24, 2.45) is 11.7 Å². The van der Waals surface area contributed by atoms with Gasteiger partial charge in [0, 0.05) is 30.2 Å². The number of amides is 2. The summed E-state index contributed by atoms with van der Waals surface area (Å²) in [6, 6.07) is 12.0. The van der Waals surface area contributed by atoms with Crippen molar-refractivity contribution in [3.8, 4) is 5.69 Å². The number of hydrogen-bond acceptors (Lipinski definition) is 3. The molecule has 118 valence electrons. The highest BCUT2D eigenvalue weighted by Gasteiger charge is 2.33. The molecule has 1 aliphatic heterocycles. The number of primary amides is 1. The van der Waals surface area contributed by atoms with Gasteiger partial charge in [-0.15, -0.1) is 0 Å². The predicted octanol–water partition coefficient (Wildman–Crippen LogP) is 1.07. The first-order valence-corrected chi connectivity index (χ1v) is 7.47. The smallest absolute Gasteiger partial charge is 0.255 e. The fourth-order valence-electron chi connectivity index (χ4n) is 2.83. The number of nitrogens with zero attached hydrogens (tertiary/aromatic N) is 2. The number of nitrogens with two attached hydrogens (primary N) is 1. The second-order valence-corrected chi connectivity index (χ2v) is 5.51. The first kappa shape index (κ1) is 15.0. The summed E-state index contributed by atoms with van der Waals surface area (Å²) in [6.07, 6.45) is 2.92. The molecule has 1 atom stereocenters. The van der Waals surface area contributed by atoms with Gasteiger partial charge in [0.15, 0.2) is 0 Å². The van der Waals surface area contributed by atoms with Crippen molar-refractivity contribution in [2.45, 2.75) is 12.8 Å². The van der Waals surface area contributed by atoms with Crippen LogP contribution in [0.1, 0.15) is 12.8 Å². The fourth-order valence-corrected chi connectivity index (χ4v) is 2.83. The first-order valence-electron chi connectivity index (χ1n) is 7.47. The van der Waals surface area contributed by atoms with E-state index in [-0.39, 0.29) is 11.5 Å². The molecule has 1 aliphatic rings. The van der Waals surface area contributed by atoms with Gasteiger partial charge in [-0.2, -0.15) is 0 Å². The van der Waals surface area contributed by atoms with E-state index in [1.165, 1.54) is 10.6 Å². The number of pyridine rings is 1. The van der Waals surface area contributed by atoms with Crippen LogP contribution < -0.4 is 16.2 Å². The Morgan fingerprint density at radius 1 is 1.04 bits per heavy atom. The maximum atomic E-state index is 12.3. The maximum Gasteiger partial charge on any atom is 0.255 e. The lowest BCUT2D eigenvalue weighted by Gasteiger charge is -2.31. The molecule has 0 aliphatic carbocycles. The van der Waals surface area contributed by atoms with E-state index in [2.05, 4.69) is 0 Å². The highest BCUT2D eigenvalue weighted by Crippen LogP contribution is 2.25. The molecule has 2 aromatic rings. The summed E-state index contributed by atoms with van der Waals surface area (Å²) in [5.41, 5.74) is 6.59. The van der Waals surface area contributed by atoms with Crippen LogP contribution in [0.25, 0.3) is 5.69 Å². The standard InChI is InChI=1S/C17H17N3O3/c18-16(22)14-4-3-11-20(17(14)23)13-8-6-12(7-9-13)19-10-2-1-5-15(19)21/h1-2,5-10,14H,3-4,11H2,(H2,18,22). The lowest BCUT2D eigenvalue weighted by molar-refractivity contribution is -0.133. The molecular weight excluding hydrogens is 294 g/mol. The Morgan fingerprint density at radius 2 is 1.74 bits per heavy atom. The molecule has 1 saturated heterocycles. The van der Waals surface area contributed by atoms with E-state index in [0.717, 1.165) is 12.1 Å². The van der Waals surface area contributed by atoms with Gasteiger partial charge in [-0.25, -0.2) is 0 Å². The highest BCUT2D eigenvalue weighted by molar-refractivity contribution is 6.07. The number of aromatic nitrogens is 1. The van der Waals surface area contributed by atoms with Crippen LogP contribution in [0, 0.1) is 5.92 Å². The van der Waals surface area contributed by atoms with Gasteiger partial charge in [0.05, 0.1) is 0 Å². The summed E-state index contributed by atoms with van der Waals surface area (Å²) in [5, 5.41) is 0. The molecule has 1 aromatic carbocycles. The molecule has 0 spiro atoms. The average Bonchev–Trinajstić information content (AvgIpc) is 2.55. The topological polar surface area (TPSA) is 85.4 Å². The summed E-state index contributed by atoms with van der Waals surface area (Å²) in [4.78, 5) is 37.1. The SMILES string of the molecule is NC(=O)C1CCCN(c2ccc(-n3ccccc3=O)cc2)C1=O. The Hall–Kier alpha value is -2.89. The van der Waals surface area contributed by atoms with Gasteiger partial charge in [0.1, 0.15) is 5.92 Å². The zero-order chi connectivity index (χ0) is 16.4. The van der Waals surface area contributed by atoms with E-state index in [4.69, 9.17) is 5.73 Å². The van der Waals surface area contributed by atoms with E-state index < -0.39 is 11.8 Å². The number of hydrogen-bond donors (Lipinski definition) is 1. The minimum atomic E-state index is -0.750. The van der Waals surface area contributed by atoms with Crippen molar-refractivity contribution in [1.29, 1.82) is 0 Å². The molecule has 1 aromatic heterocycles. The highest BCUT2D eigenvalue weighted by atomic mass is 16.2. The van der Waals surface area contributed by atoms with Crippen molar-refractivity contribution >= 4 is 17.5 Å². The van der Waals surface area contributed by atoms with Crippen molar-refractivity contribution < 1.29 is 9.59 Å². The Labute approximate surface area is 133 Å². The molecule has 2 N–H and O–H groups in total. The van der Waals surface area contributed by atoms with Crippen molar-refractivity contribution in [3.05, 3.63) is 59.0 Å². The number of carbonyl (C=O) groups is 2. The van der Waals surface area contributed by atoms with Gasteiger partial charge < -0.3 is 10.6 Å². The molecule has 2 amide bonds. The number of piperidine rings is 1. The van der Waals surface area contributed by atoms with Crippen LogP contribution in [-0.2, 0) is 9.59 Å². The van der Waals surface area contributed by atoms with Crippen LogP contribution in [-0.4, -0.2) is 22.9 Å². The third-order valence-electron chi connectivity index (χ3n) is 4.04. The van der Waals surface area contributed by atoms with E-state index in [0.29, 0.717) is 18.7 Å². The van der Waals surface area contributed by atoms with Crippen molar-refractivity contribution in [1.82, 2.24) is 4.57 Å². The van der Waals surface area contributed by atoms with Gasteiger partial charge in [0.2, 0.25) is 11.8 Å². The van der Waals surface area contributed by atoms with Gasteiger partial charge in [-0.3, -0.25) is 19.0 Å². The molecular formula is C17H17N3O3. The van der Waals surface area contributed by atoms with Crippen LogP contribution in [0.15, 0.2) is 53.5 Å². The molecule has 6 nitrogen and oxygen atoms in total. The Balaban J connectivity index is 1.88. The second-order valence-electron chi connectivity index (χ2n) is 5.51. The zero-order valence-electron chi connectivity index (χ0n) is 12.5. The predicted molar refractivity (Wildman–Crippen MR) is 86.3 cm³/mol. The lowest BCUT2D eigenvalue weighted by atomic mass is 9.96. The van der Waals surface area contributed by atoms with E-state index in [1.807, 2.05) is 0 Å². The maximum absolute atomic E-state index is 12.3. The van der Waals surface area contributed by atoms with Crippen LogP contribution in [0.5, 0.6) is 0 Å². The second kappa shape index (κ2) is 6.08. The number of benzene rings is 1. The minimum absolute atomic E-state index is 0.122. The van der Waals surface area contributed by atoms with Crippen LogP contribution in [0.2, 0.25) is 0 Å². The molecule has 6 heteroatoms. The molecule has 0 bridgehead atoms. The van der Waals surface area contributed by atoms with Crippen molar-refractivity contribution in [3.63, 3.8) is 0 Å². The third kappa shape index (κ3) is 2.88. The molecule has 1 unspecified atom stereocenters. The normalized spacial score (nSPS) is 18.0. The summed E-state index contributed by atoms with van der Waals surface area (Å²) in [7, 11) is 0. The van der Waals surface area contributed by atoms with E-state index >= 15 is 0 Å². The number of rotatable bonds is 3. The van der Waals surface area contributed by atoms with Crippen LogP contribution >= 0.6 is 0 Å². The molecule has 23 heavy (non-hydrogen) atoms. The Bertz CT molecular complexity index is 795. The molecule has 1 fully saturated rings. The molecule has 0 radical (unpaired) electrons. The Morgan fingerprint density at radius 3 is 2.39 bits per heavy atom. The largest absolute Gasteiger partial charge is 0.369 e. The average molecular weight is 311 g/mol. The van der Waals surface area contributed by atoms with Crippen LogP contribution in [0.3, 0.4) is 0 Å². The minimum Gasteiger partial charge on any atom is -0.369 e.